The van der Waals surface area contributed by atoms with Crippen LogP contribution in [0, 0.1) is 5.92 Å². The van der Waals surface area contributed by atoms with E-state index in [1.54, 1.807) is 17.0 Å². The van der Waals surface area contributed by atoms with Crippen molar-refractivity contribution in [2.75, 3.05) is 20.2 Å². The number of allylic oxidation sites excluding steroid dienone is 1. The van der Waals surface area contributed by atoms with E-state index in [0.717, 1.165) is 36.9 Å². The van der Waals surface area contributed by atoms with Crippen molar-refractivity contribution in [1.29, 1.82) is 0 Å². The van der Waals surface area contributed by atoms with Crippen molar-refractivity contribution >= 4 is 24.1 Å². The predicted octanol–water partition coefficient (Wildman–Crippen LogP) is 2.71. The van der Waals surface area contributed by atoms with Crippen LogP contribution in [0.1, 0.15) is 38.2 Å². The number of esters is 1. The molecule has 0 bridgehead atoms. The van der Waals surface area contributed by atoms with E-state index in [1.807, 2.05) is 20.2 Å². The highest BCUT2D eigenvalue weighted by molar-refractivity contribution is 5.94. The average molecular weight is 428 g/mol. The zero-order valence-corrected chi connectivity index (χ0v) is 18.8. The number of methoxy groups -OCH3 is 1. The quantitative estimate of drug-likeness (QED) is 0.296. The molecule has 31 heavy (non-hydrogen) atoms. The lowest BCUT2D eigenvalue weighted by atomic mass is 10.00. The average Bonchev–Trinajstić information content (AvgIpc) is 3.05. The van der Waals surface area contributed by atoms with Crippen LogP contribution in [-0.4, -0.2) is 58.4 Å². The van der Waals surface area contributed by atoms with Gasteiger partial charge in [-0.2, -0.15) is 10.2 Å². The van der Waals surface area contributed by atoms with Crippen molar-refractivity contribution in [2.24, 2.45) is 28.8 Å². The number of nitrogens with two attached hydrogens (primary N) is 1. The molecule has 0 spiro atoms. The van der Waals surface area contributed by atoms with Crippen molar-refractivity contribution in [1.82, 2.24) is 19.7 Å². The highest BCUT2D eigenvalue weighted by Gasteiger charge is 2.24. The molecule has 1 fully saturated rings. The summed E-state index contributed by atoms with van der Waals surface area (Å²) in [6.45, 7) is 14.8. The van der Waals surface area contributed by atoms with E-state index < -0.39 is 0 Å². The maximum absolute atomic E-state index is 11.8. The molecule has 2 rings (SSSR count). The number of likely N-dealkylation sites (tertiary alicyclic amines) is 1. The van der Waals surface area contributed by atoms with Crippen LogP contribution in [0.5, 0.6) is 0 Å². The first-order valence-electron chi connectivity index (χ1n) is 10.2. The van der Waals surface area contributed by atoms with Crippen LogP contribution < -0.4 is 5.73 Å². The van der Waals surface area contributed by atoms with E-state index in [1.165, 1.54) is 12.1 Å². The molecule has 1 atom stereocenters. The lowest BCUT2D eigenvalue weighted by Gasteiger charge is -2.27. The minimum absolute atomic E-state index is 0.185. The molecule has 1 aromatic heterocycles. The fourth-order valence-corrected chi connectivity index (χ4v) is 3.61. The van der Waals surface area contributed by atoms with E-state index in [-0.39, 0.29) is 17.7 Å². The van der Waals surface area contributed by atoms with Gasteiger partial charge in [0.05, 0.1) is 13.3 Å². The molecule has 0 radical (unpaired) electrons. The molecule has 2 N–H and O–H groups in total. The third kappa shape index (κ3) is 6.31. The molecule has 1 aliphatic heterocycles. The van der Waals surface area contributed by atoms with Crippen molar-refractivity contribution in [2.45, 2.75) is 32.6 Å². The molecule has 1 unspecified atom stereocenters. The van der Waals surface area contributed by atoms with E-state index in [2.05, 4.69) is 35.0 Å². The molecule has 0 amide bonds. The molecule has 1 aliphatic rings. The number of aliphatic imine (C=N–C) groups is 1. The summed E-state index contributed by atoms with van der Waals surface area (Å²) in [4.78, 5) is 18.8. The highest BCUT2D eigenvalue weighted by Crippen LogP contribution is 2.26. The predicted molar refractivity (Wildman–Crippen MR) is 124 cm³/mol. The Balaban J connectivity index is 2.47. The van der Waals surface area contributed by atoms with Crippen molar-refractivity contribution in [3.63, 3.8) is 0 Å². The Morgan fingerprint density at radius 2 is 2.23 bits per heavy atom. The Morgan fingerprint density at radius 3 is 2.77 bits per heavy atom. The first-order chi connectivity index (χ1) is 14.8. The molecule has 0 aromatic carbocycles. The molecule has 0 aliphatic carbocycles. The van der Waals surface area contributed by atoms with Crippen LogP contribution in [0.2, 0.25) is 0 Å². The number of hydrogen-bond donors (Lipinski definition) is 1. The molecule has 9 nitrogen and oxygen atoms in total. The van der Waals surface area contributed by atoms with Gasteiger partial charge in [0.1, 0.15) is 11.7 Å². The summed E-state index contributed by atoms with van der Waals surface area (Å²) in [5.41, 5.74) is 7.65. The Kier molecular flexibility index (Phi) is 8.60. The molecule has 0 saturated carbocycles. The monoisotopic (exact) mass is 427 g/mol. The van der Waals surface area contributed by atoms with E-state index in [4.69, 9.17) is 15.5 Å². The fraction of sp³-hybridized carbons (Fsp3) is 0.455. The molecular formula is C22H33N7O2. The number of aryl methyl sites for hydroxylation is 1. The van der Waals surface area contributed by atoms with Crippen LogP contribution >= 0.6 is 0 Å². The number of hydrogen-bond acceptors (Lipinski definition) is 7. The third-order valence-electron chi connectivity index (χ3n) is 5.27. The van der Waals surface area contributed by atoms with E-state index in [9.17, 15) is 4.79 Å². The third-order valence-corrected chi connectivity index (χ3v) is 5.27. The van der Waals surface area contributed by atoms with Crippen molar-refractivity contribution in [3.05, 3.63) is 48.8 Å². The largest absolute Gasteiger partial charge is 0.469 e. The van der Waals surface area contributed by atoms with Gasteiger partial charge in [-0.15, -0.1) is 0 Å². The van der Waals surface area contributed by atoms with Gasteiger partial charge < -0.3 is 15.4 Å². The van der Waals surface area contributed by atoms with E-state index in [0.29, 0.717) is 24.6 Å². The van der Waals surface area contributed by atoms with Gasteiger partial charge in [0.25, 0.3) is 0 Å². The second-order valence-corrected chi connectivity index (χ2v) is 7.56. The van der Waals surface area contributed by atoms with E-state index >= 15 is 0 Å². The smallest absolute Gasteiger partial charge is 0.305 e. The number of rotatable bonds is 8. The minimum atomic E-state index is -0.196. The van der Waals surface area contributed by atoms with Crippen LogP contribution in [0.3, 0.4) is 0 Å². The second kappa shape index (κ2) is 11.1. The Hall–Kier alpha value is -3.36. The summed E-state index contributed by atoms with van der Waals surface area (Å²) in [6.07, 6.45) is 8.73. The summed E-state index contributed by atoms with van der Waals surface area (Å²) in [5.74, 6) is 1.34. The first-order valence-corrected chi connectivity index (χ1v) is 10.2. The van der Waals surface area contributed by atoms with Gasteiger partial charge in [-0.3, -0.25) is 9.48 Å². The van der Waals surface area contributed by atoms with Crippen molar-refractivity contribution < 1.29 is 9.53 Å². The minimum Gasteiger partial charge on any atom is -0.469 e. The Labute approximate surface area is 184 Å². The normalized spacial score (nSPS) is 18.0. The van der Waals surface area contributed by atoms with Crippen molar-refractivity contribution in [3.8, 4) is 0 Å². The van der Waals surface area contributed by atoms with Gasteiger partial charge in [0, 0.05) is 50.6 Å². The van der Waals surface area contributed by atoms with Gasteiger partial charge in [-0.25, -0.2) is 10.0 Å². The molecule has 2 heterocycles. The van der Waals surface area contributed by atoms with Crippen LogP contribution in [0.4, 0.5) is 0 Å². The Morgan fingerprint density at radius 1 is 1.48 bits per heavy atom. The fourth-order valence-electron chi connectivity index (χ4n) is 3.61. The summed E-state index contributed by atoms with van der Waals surface area (Å²) in [6, 6.07) is 0. The zero-order valence-electron chi connectivity index (χ0n) is 18.8. The number of ether oxygens (including phenoxy) is 1. The van der Waals surface area contributed by atoms with Gasteiger partial charge in [0.2, 0.25) is 0 Å². The number of carbonyl (C=O) groups is 1. The number of aromatic nitrogens is 2. The maximum Gasteiger partial charge on any atom is 0.305 e. The van der Waals surface area contributed by atoms with Gasteiger partial charge >= 0.3 is 5.97 Å². The summed E-state index contributed by atoms with van der Waals surface area (Å²) in [5, 5.41) is 9.65. The van der Waals surface area contributed by atoms with Gasteiger partial charge in [-0.05, 0) is 31.8 Å². The highest BCUT2D eigenvalue weighted by atomic mass is 16.5. The molecule has 168 valence electrons. The molecule has 9 heteroatoms. The van der Waals surface area contributed by atoms with Gasteiger partial charge in [-0.1, -0.05) is 19.6 Å². The molecule has 1 saturated heterocycles. The lowest BCUT2D eigenvalue weighted by molar-refractivity contribution is -0.141. The zero-order chi connectivity index (χ0) is 23.0. The summed E-state index contributed by atoms with van der Waals surface area (Å²) >= 11 is 0. The standard InChI is InChI=1S/C22H33N7O2/c1-7-20(28-11-9-8-10-18(14-28)12-21(30)31-6)26-22(29(24-4)17(3)23)16(2)19-13-25-27(5)15-19/h7,13,15,18H,1,3-4,8-12,14,23H2,2,5-6H3/b22-16+,26-20+. The number of amidine groups is 1. The lowest BCUT2D eigenvalue weighted by Crippen LogP contribution is -2.35. The van der Waals surface area contributed by atoms with Crippen LogP contribution in [-0.2, 0) is 16.6 Å². The van der Waals surface area contributed by atoms with Crippen LogP contribution in [0.25, 0.3) is 5.57 Å². The first kappa shape index (κ1) is 23.9. The number of hydrazone groups is 1. The van der Waals surface area contributed by atoms with Crippen LogP contribution in [0.15, 0.2) is 53.4 Å². The van der Waals surface area contributed by atoms with Gasteiger partial charge in [0.15, 0.2) is 5.82 Å². The summed E-state index contributed by atoms with van der Waals surface area (Å²) < 4.78 is 6.57. The topological polar surface area (TPSA) is 101 Å². The SMILES string of the molecule is C=C/C(=N\C(=C(\C)c1cnn(C)c1)N(N=C)C(=C)N)N1CCCCC(CC(=O)OC)C1. The Bertz CT molecular complexity index is 884. The molecular weight excluding hydrogens is 394 g/mol. The summed E-state index contributed by atoms with van der Waals surface area (Å²) in [7, 11) is 3.27. The number of nitrogens with zero attached hydrogens (tertiary/aromatic N) is 6. The molecule has 1 aromatic rings. The number of carbonyl (C=O) groups excluding carboxylic acids is 1. The maximum atomic E-state index is 11.8. The second-order valence-electron chi connectivity index (χ2n) is 7.56.